The van der Waals surface area contributed by atoms with Crippen LogP contribution in [0.5, 0.6) is 0 Å². The number of hydrogen-bond acceptors (Lipinski definition) is 3. The highest BCUT2D eigenvalue weighted by Gasteiger charge is 2.27. The Balaban J connectivity index is 1.52. The minimum atomic E-state index is -2.49. The van der Waals surface area contributed by atoms with Crippen LogP contribution in [-0.2, 0) is 6.54 Å². The van der Waals surface area contributed by atoms with Gasteiger partial charge in [0.2, 0.25) is 0 Å². The summed E-state index contributed by atoms with van der Waals surface area (Å²) in [6.07, 6.45) is 7.76. The van der Waals surface area contributed by atoms with E-state index in [1.54, 1.807) is 0 Å². The molecule has 0 unspecified atom stereocenters. The maximum absolute atomic E-state index is 12.8. The summed E-state index contributed by atoms with van der Waals surface area (Å²) in [5.41, 5.74) is 0. The van der Waals surface area contributed by atoms with E-state index in [-0.39, 0.29) is 0 Å². The van der Waals surface area contributed by atoms with Crippen LogP contribution in [0.25, 0.3) is 0 Å². The fraction of sp³-hybridized carbons (Fsp3) is 0.786. The second-order valence-corrected chi connectivity index (χ2v) is 5.78. The third-order valence-corrected chi connectivity index (χ3v) is 4.54. The first-order valence-electron chi connectivity index (χ1n) is 7.50. The van der Waals surface area contributed by atoms with Gasteiger partial charge in [-0.15, -0.1) is 0 Å². The van der Waals surface area contributed by atoms with Crippen molar-refractivity contribution in [2.75, 3.05) is 26.2 Å². The van der Waals surface area contributed by atoms with Crippen LogP contribution >= 0.6 is 0 Å². The van der Waals surface area contributed by atoms with Crippen LogP contribution in [0.3, 0.4) is 0 Å². The third-order valence-electron chi connectivity index (χ3n) is 4.54. The van der Waals surface area contributed by atoms with Gasteiger partial charge in [0.1, 0.15) is 5.82 Å². The predicted octanol–water partition coefficient (Wildman–Crippen LogP) is 2.34. The van der Waals surface area contributed by atoms with Crippen molar-refractivity contribution in [2.24, 2.45) is 0 Å². The van der Waals surface area contributed by atoms with E-state index in [9.17, 15) is 8.78 Å². The molecule has 0 saturated carbocycles. The molecule has 0 aromatic carbocycles. The number of rotatable bonds is 4. The predicted molar refractivity (Wildman–Crippen MR) is 72.6 cm³/mol. The first-order valence-corrected chi connectivity index (χ1v) is 7.50. The third kappa shape index (κ3) is 3.01. The first kappa shape index (κ1) is 13.9. The van der Waals surface area contributed by atoms with Crippen LogP contribution < -0.4 is 0 Å². The van der Waals surface area contributed by atoms with Gasteiger partial charge in [-0.1, -0.05) is 0 Å². The molecule has 0 aliphatic carbocycles. The number of halogens is 2. The summed E-state index contributed by atoms with van der Waals surface area (Å²) in [5, 5.41) is 0. The van der Waals surface area contributed by atoms with Crippen LogP contribution in [0, 0.1) is 0 Å². The Morgan fingerprint density at radius 3 is 2.50 bits per heavy atom. The highest BCUT2D eigenvalue weighted by molar-refractivity contribution is 4.94. The Bertz CT molecular complexity index is 421. The summed E-state index contributed by atoms with van der Waals surface area (Å²) in [6.45, 7) is 2.48. The van der Waals surface area contributed by atoms with Gasteiger partial charge in [-0.25, -0.2) is 4.98 Å². The smallest absolute Gasteiger partial charge is 0.300 e. The van der Waals surface area contributed by atoms with Gasteiger partial charge in [-0.05, 0) is 38.8 Å². The second-order valence-electron chi connectivity index (χ2n) is 5.78. The average Bonchev–Trinajstić information content (AvgIpc) is 3.10. The van der Waals surface area contributed by atoms with Gasteiger partial charge < -0.3 is 4.90 Å². The average molecular weight is 284 g/mol. The lowest BCUT2D eigenvalue weighted by Gasteiger charge is -2.36. The maximum atomic E-state index is 12.8. The zero-order chi connectivity index (χ0) is 13.9. The van der Waals surface area contributed by atoms with Crippen molar-refractivity contribution in [1.82, 2.24) is 19.4 Å². The summed E-state index contributed by atoms with van der Waals surface area (Å²) in [4.78, 5) is 8.90. The van der Waals surface area contributed by atoms with Crippen LogP contribution in [-0.4, -0.2) is 51.6 Å². The van der Waals surface area contributed by atoms with E-state index in [4.69, 9.17) is 0 Å². The zero-order valence-corrected chi connectivity index (χ0v) is 11.7. The van der Waals surface area contributed by atoms with Gasteiger partial charge in [-0.3, -0.25) is 9.47 Å². The first-order chi connectivity index (χ1) is 9.74. The highest BCUT2D eigenvalue weighted by Crippen LogP contribution is 2.22. The van der Waals surface area contributed by atoms with Crippen molar-refractivity contribution in [3.05, 3.63) is 18.2 Å². The number of aromatic nitrogens is 2. The molecule has 1 aromatic rings. The van der Waals surface area contributed by atoms with Crippen molar-refractivity contribution >= 4 is 0 Å². The molecule has 0 atom stereocenters. The molecule has 112 valence electrons. The number of nitrogens with zero attached hydrogens (tertiary/aromatic N) is 4. The van der Waals surface area contributed by atoms with Crippen molar-refractivity contribution in [2.45, 2.75) is 44.8 Å². The van der Waals surface area contributed by atoms with Crippen LogP contribution in [0.2, 0.25) is 0 Å². The van der Waals surface area contributed by atoms with E-state index in [0.29, 0.717) is 18.4 Å². The lowest BCUT2D eigenvalue weighted by Crippen LogP contribution is -2.43. The monoisotopic (exact) mass is 284 g/mol. The molecule has 2 aliphatic rings. The largest absolute Gasteiger partial charge is 0.319 e. The van der Waals surface area contributed by atoms with Gasteiger partial charge in [0.15, 0.2) is 0 Å². The molecule has 0 spiro atoms. The van der Waals surface area contributed by atoms with E-state index in [1.807, 2.05) is 0 Å². The Morgan fingerprint density at radius 1 is 1.15 bits per heavy atom. The fourth-order valence-electron chi connectivity index (χ4n) is 3.39. The lowest BCUT2D eigenvalue weighted by atomic mass is 10.0. The maximum Gasteiger partial charge on any atom is 0.319 e. The molecule has 3 heterocycles. The summed E-state index contributed by atoms with van der Waals surface area (Å²) in [7, 11) is 0. The Labute approximate surface area is 118 Å². The number of imidazole rings is 1. The van der Waals surface area contributed by atoms with Crippen LogP contribution in [0.15, 0.2) is 12.4 Å². The summed E-state index contributed by atoms with van der Waals surface area (Å²) in [5.74, 6) is 0.472. The minimum Gasteiger partial charge on any atom is -0.300 e. The molecular weight excluding hydrogens is 262 g/mol. The molecule has 4 nitrogen and oxygen atoms in total. The van der Waals surface area contributed by atoms with E-state index >= 15 is 0 Å². The minimum absolute atomic E-state index is 0.472. The van der Waals surface area contributed by atoms with Crippen molar-refractivity contribution in [1.29, 1.82) is 0 Å². The van der Waals surface area contributed by atoms with E-state index in [2.05, 4.69) is 14.8 Å². The van der Waals surface area contributed by atoms with Crippen molar-refractivity contribution in [3.63, 3.8) is 0 Å². The Hall–Kier alpha value is -1.01. The molecule has 0 N–H and O–H groups in total. The molecule has 6 heteroatoms. The molecule has 0 bridgehead atoms. The highest BCUT2D eigenvalue weighted by atomic mass is 19.3. The summed E-state index contributed by atoms with van der Waals surface area (Å²) < 4.78 is 26.5. The molecule has 2 saturated heterocycles. The summed E-state index contributed by atoms with van der Waals surface area (Å²) >= 11 is 0. The molecular formula is C14H22F2N4. The number of piperidine rings is 1. The van der Waals surface area contributed by atoms with E-state index in [0.717, 1.165) is 30.5 Å². The van der Waals surface area contributed by atoms with Crippen LogP contribution in [0.4, 0.5) is 8.78 Å². The fourth-order valence-corrected chi connectivity index (χ4v) is 3.39. The quantitative estimate of drug-likeness (QED) is 0.848. The number of likely N-dealkylation sites (tertiary alicyclic amines) is 2. The van der Waals surface area contributed by atoms with Gasteiger partial charge in [0, 0.05) is 31.5 Å². The van der Waals surface area contributed by atoms with E-state index < -0.39 is 6.55 Å². The van der Waals surface area contributed by atoms with Crippen molar-refractivity contribution in [3.8, 4) is 0 Å². The standard InChI is InChI=1S/C14H22F2N4/c15-14(16)20-10-5-17-13(20)11-18-8-3-12(4-9-18)19-6-1-2-7-19/h5,10,12,14H,1-4,6-9,11H2. The number of hydrogen-bond donors (Lipinski definition) is 0. The SMILES string of the molecule is FC(F)n1ccnc1CN1CCC(N2CCCC2)CC1. The topological polar surface area (TPSA) is 24.3 Å². The number of alkyl halides is 2. The molecule has 0 radical (unpaired) electrons. The molecule has 2 fully saturated rings. The Kier molecular flexibility index (Phi) is 4.31. The second kappa shape index (κ2) is 6.18. The van der Waals surface area contributed by atoms with Crippen LogP contribution in [0.1, 0.15) is 38.1 Å². The molecule has 1 aromatic heterocycles. The zero-order valence-electron chi connectivity index (χ0n) is 11.7. The normalized spacial score (nSPS) is 22.9. The van der Waals surface area contributed by atoms with Gasteiger partial charge in [0.05, 0.1) is 6.54 Å². The summed E-state index contributed by atoms with van der Waals surface area (Å²) in [6, 6.07) is 0.698. The molecule has 0 amide bonds. The van der Waals surface area contributed by atoms with Gasteiger partial charge in [-0.2, -0.15) is 8.78 Å². The molecule has 2 aliphatic heterocycles. The van der Waals surface area contributed by atoms with Gasteiger partial charge in [0.25, 0.3) is 0 Å². The lowest BCUT2D eigenvalue weighted by molar-refractivity contribution is 0.0609. The molecule has 20 heavy (non-hydrogen) atoms. The Morgan fingerprint density at radius 2 is 1.85 bits per heavy atom. The van der Waals surface area contributed by atoms with E-state index in [1.165, 1.54) is 38.3 Å². The van der Waals surface area contributed by atoms with Crippen molar-refractivity contribution < 1.29 is 8.78 Å². The van der Waals surface area contributed by atoms with Gasteiger partial charge >= 0.3 is 6.55 Å². The molecule has 3 rings (SSSR count).